The fourth-order valence-electron chi connectivity index (χ4n) is 3.57. The maximum absolute atomic E-state index is 12.8. The Morgan fingerprint density at radius 3 is 2.42 bits per heavy atom. The van der Waals surface area contributed by atoms with Crippen molar-refractivity contribution in [3.8, 4) is 5.75 Å². The molecule has 1 aliphatic rings. The first kappa shape index (κ1) is 23.3. The average molecular weight is 489 g/mol. The van der Waals surface area contributed by atoms with Crippen molar-refractivity contribution in [3.05, 3.63) is 63.6 Å². The summed E-state index contributed by atoms with van der Waals surface area (Å²) < 4.78 is 12.3. The van der Waals surface area contributed by atoms with Gasteiger partial charge in [-0.25, -0.2) is 0 Å². The van der Waals surface area contributed by atoms with Gasteiger partial charge in [-0.1, -0.05) is 18.2 Å². The van der Waals surface area contributed by atoms with E-state index in [9.17, 15) is 9.59 Å². The number of hydrogen-bond donors (Lipinski definition) is 1. The van der Waals surface area contributed by atoms with Crippen LogP contribution in [0.25, 0.3) is 0 Å². The highest BCUT2D eigenvalue weighted by atomic mass is 79.9. The Morgan fingerprint density at radius 2 is 1.81 bits per heavy atom. The normalized spacial score (nSPS) is 19.6. The molecule has 166 valence electrons. The van der Waals surface area contributed by atoms with Gasteiger partial charge in [0.25, 0.3) is 11.8 Å². The van der Waals surface area contributed by atoms with E-state index in [1.165, 1.54) is 0 Å². The van der Waals surface area contributed by atoms with Crippen LogP contribution in [0.1, 0.15) is 42.3 Å². The maximum atomic E-state index is 12.8. The molecular weight excluding hydrogens is 460 g/mol. The lowest BCUT2D eigenvalue weighted by Gasteiger charge is -2.35. The summed E-state index contributed by atoms with van der Waals surface area (Å²) in [6.07, 6.45) is -0.566. The molecule has 2 amide bonds. The number of nitrogens with one attached hydrogen (secondary N) is 1. The molecule has 0 bridgehead atoms. The average Bonchev–Trinajstić information content (AvgIpc) is 2.73. The number of carbonyl (C=O) groups is 2. The van der Waals surface area contributed by atoms with E-state index in [1.54, 1.807) is 19.1 Å². The summed E-state index contributed by atoms with van der Waals surface area (Å²) >= 11 is 3.46. The minimum Gasteiger partial charge on any atom is -0.480 e. The summed E-state index contributed by atoms with van der Waals surface area (Å²) in [6.45, 7) is 9.21. The predicted molar refractivity (Wildman–Crippen MR) is 123 cm³/mol. The molecule has 1 fully saturated rings. The van der Waals surface area contributed by atoms with Crippen LogP contribution < -0.4 is 10.1 Å². The fraction of sp³-hybridized carbons (Fsp3) is 0.417. The Bertz CT molecular complexity index is 922. The van der Waals surface area contributed by atoms with Crippen LogP contribution >= 0.6 is 15.9 Å². The van der Waals surface area contributed by atoms with E-state index in [-0.39, 0.29) is 24.0 Å². The van der Waals surface area contributed by atoms with E-state index in [2.05, 4.69) is 21.2 Å². The highest BCUT2D eigenvalue weighted by Crippen LogP contribution is 2.26. The zero-order valence-electron chi connectivity index (χ0n) is 18.4. The van der Waals surface area contributed by atoms with Crippen molar-refractivity contribution >= 4 is 27.7 Å². The predicted octanol–water partition coefficient (Wildman–Crippen LogP) is 4.09. The largest absolute Gasteiger partial charge is 0.480 e. The van der Waals surface area contributed by atoms with Gasteiger partial charge < -0.3 is 19.7 Å². The van der Waals surface area contributed by atoms with Gasteiger partial charge in [-0.3, -0.25) is 9.59 Å². The third-order valence-electron chi connectivity index (χ3n) is 5.13. The van der Waals surface area contributed by atoms with Gasteiger partial charge in [-0.05, 0) is 79.0 Å². The van der Waals surface area contributed by atoms with Crippen LogP contribution in [0.2, 0.25) is 0 Å². The van der Waals surface area contributed by atoms with Gasteiger partial charge >= 0.3 is 0 Å². The maximum Gasteiger partial charge on any atom is 0.261 e. The molecule has 7 heteroatoms. The van der Waals surface area contributed by atoms with Gasteiger partial charge in [0, 0.05) is 25.2 Å². The first-order valence-electron chi connectivity index (χ1n) is 10.5. The Morgan fingerprint density at radius 1 is 1.16 bits per heavy atom. The molecule has 3 rings (SSSR count). The topological polar surface area (TPSA) is 67.9 Å². The SMILES string of the molecule is Cc1ccc(OC(C)C(=O)NCc2ccc(C(=O)N3CC(C)OC(C)C3)cc2)c(Br)c1. The second-order valence-electron chi connectivity index (χ2n) is 8.08. The highest BCUT2D eigenvalue weighted by Gasteiger charge is 2.26. The zero-order valence-corrected chi connectivity index (χ0v) is 19.9. The fourth-order valence-corrected chi connectivity index (χ4v) is 4.16. The van der Waals surface area contributed by atoms with Gasteiger partial charge in [0.2, 0.25) is 0 Å². The van der Waals surface area contributed by atoms with E-state index in [0.717, 1.165) is 15.6 Å². The van der Waals surface area contributed by atoms with Gasteiger partial charge in [-0.2, -0.15) is 0 Å². The summed E-state index contributed by atoms with van der Waals surface area (Å²) in [7, 11) is 0. The van der Waals surface area contributed by atoms with Gasteiger partial charge in [-0.15, -0.1) is 0 Å². The number of ether oxygens (including phenoxy) is 2. The monoisotopic (exact) mass is 488 g/mol. The smallest absolute Gasteiger partial charge is 0.261 e. The van der Waals surface area contributed by atoms with Crippen molar-refractivity contribution in [1.29, 1.82) is 0 Å². The molecule has 31 heavy (non-hydrogen) atoms. The van der Waals surface area contributed by atoms with Crippen LogP contribution in [0.3, 0.4) is 0 Å². The second-order valence-corrected chi connectivity index (χ2v) is 8.93. The molecule has 3 unspecified atom stereocenters. The van der Waals surface area contributed by atoms with Crippen molar-refractivity contribution in [3.63, 3.8) is 0 Å². The molecule has 0 spiro atoms. The third kappa shape index (κ3) is 6.31. The van der Waals surface area contributed by atoms with Crippen LogP contribution in [-0.4, -0.2) is 48.1 Å². The molecule has 6 nitrogen and oxygen atoms in total. The molecule has 1 heterocycles. The van der Waals surface area contributed by atoms with Crippen molar-refractivity contribution in [1.82, 2.24) is 10.2 Å². The Labute approximate surface area is 192 Å². The lowest BCUT2D eigenvalue weighted by molar-refractivity contribution is -0.127. The molecule has 1 N–H and O–H groups in total. The zero-order chi connectivity index (χ0) is 22.5. The molecule has 2 aromatic rings. The molecule has 1 aliphatic heterocycles. The van der Waals surface area contributed by atoms with Crippen molar-refractivity contribution < 1.29 is 19.1 Å². The molecule has 2 aromatic carbocycles. The summed E-state index contributed by atoms with van der Waals surface area (Å²) in [4.78, 5) is 27.0. The standard InChI is InChI=1S/C24H29BrN2O4/c1-15-5-10-22(21(25)11-15)31-18(4)23(28)26-12-19-6-8-20(9-7-19)24(29)27-13-16(2)30-17(3)14-27/h5-11,16-18H,12-14H2,1-4H3,(H,26,28). The summed E-state index contributed by atoms with van der Waals surface area (Å²) in [5.41, 5.74) is 2.66. The number of morpholine rings is 1. The molecule has 0 aliphatic carbocycles. The van der Waals surface area contributed by atoms with E-state index in [4.69, 9.17) is 9.47 Å². The lowest BCUT2D eigenvalue weighted by Crippen LogP contribution is -2.48. The highest BCUT2D eigenvalue weighted by molar-refractivity contribution is 9.10. The first-order chi connectivity index (χ1) is 14.7. The van der Waals surface area contributed by atoms with Crippen LogP contribution in [0, 0.1) is 6.92 Å². The van der Waals surface area contributed by atoms with E-state index in [1.807, 2.05) is 56.0 Å². The van der Waals surface area contributed by atoms with Crippen LogP contribution in [0.5, 0.6) is 5.75 Å². The van der Waals surface area contributed by atoms with Crippen LogP contribution in [0.15, 0.2) is 46.9 Å². The molecule has 0 aromatic heterocycles. The van der Waals surface area contributed by atoms with Gasteiger partial charge in [0.1, 0.15) is 5.75 Å². The Hall–Kier alpha value is -2.38. The number of carbonyl (C=O) groups excluding carboxylic acids is 2. The van der Waals surface area contributed by atoms with Gasteiger partial charge in [0.05, 0.1) is 16.7 Å². The minimum absolute atomic E-state index is 0.00304. The molecular formula is C24H29BrN2O4. The number of nitrogens with zero attached hydrogens (tertiary/aromatic N) is 1. The molecule has 1 saturated heterocycles. The number of amides is 2. The van der Waals surface area contributed by atoms with Crippen LogP contribution in [0.4, 0.5) is 0 Å². The molecule has 0 radical (unpaired) electrons. The van der Waals surface area contributed by atoms with Gasteiger partial charge in [0.15, 0.2) is 6.10 Å². The Balaban J connectivity index is 1.52. The first-order valence-corrected chi connectivity index (χ1v) is 11.3. The number of hydrogen-bond acceptors (Lipinski definition) is 4. The third-order valence-corrected chi connectivity index (χ3v) is 5.75. The van der Waals surface area contributed by atoms with E-state index in [0.29, 0.717) is 30.9 Å². The van der Waals surface area contributed by atoms with E-state index >= 15 is 0 Å². The number of benzene rings is 2. The minimum atomic E-state index is -0.634. The lowest BCUT2D eigenvalue weighted by atomic mass is 10.1. The molecule has 0 saturated carbocycles. The van der Waals surface area contributed by atoms with E-state index < -0.39 is 6.10 Å². The number of aryl methyl sites for hydroxylation is 1. The van der Waals surface area contributed by atoms with Crippen LogP contribution in [-0.2, 0) is 16.1 Å². The van der Waals surface area contributed by atoms with Crippen molar-refractivity contribution in [2.75, 3.05) is 13.1 Å². The van der Waals surface area contributed by atoms with Crippen molar-refractivity contribution in [2.45, 2.75) is 52.6 Å². The van der Waals surface area contributed by atoms with Crippen molar-refractivity contribution in [2.24, 2.45) is 0 Å². The number of rotatable bonds is 6. The second kappa shape index (κ2) is 10.3. The number of halogens is 1. The molecule has 3 atom stereocenters. The quantitative estimate of drug-likeness (QED) is 0.664. The summed E-state index contributed by atoms with van der Waals surface area (Å²) in [5.74, 6) is 0.426. The summed E-state index contributed by atoms with van der Waals surface area (Å²) in [5, 5.41) is 2.88. The summed E-state index contributed by atoms with van der Waals surface area (Å²) in [6, 6.07) is 13.1. The Kier molecular flexibility index (Phi) is 7.73.